The number of benzene rings is 3. The van der Waals surface area contributed by atoms with Crippen molar-refractivity contribution in [2.75, 3.05) is 12.4 Å². The number of nitrogens with zero attached hydrogens (tertiary/aromatic N) is 1. The minimum Gasteiger partial charge on any atom is -0.497 e. The van der Waals surface area contributed by atoms with Crippen molar-refractivity contribution in [2.45, 2.75) is 0 Å². The van der Waals surface area contributed by atoms with Gasteiger partial charge in [0.15, 0.2) is 5.11 Å². The Hall–Kier alpha value is -3.13. The van der Waals surface area contributed by atoms with Crippen molar-refractivity contribution >= 4 is 58.4 Å². The summed E-state index contributed by atoms with van der Waals surface area (Å²) in [5, 5.41) is 8.08. The molecule has 0 aliphatic heterocycles. The maximum Gasteiger partial charge on any atom is 0.345 e. The van der Waals surface area contributed by atoms with E-state index in [1.54, 1.807) is 43.7 Å². The quantitative estimate of drug-likeness (QED) is 0.161. The number of esters is 1. The number of hydrogen-bond donors (Lipinski definition) is 2. The van der Waals surface area contributed by atoms with Gasteiger partial charge in [-0.3, -0.25) is 5.43 Å². The minimum absolute atomic E-state index is 0.220. The third kappa shape index (κ3) is 6.68. The van der Waals surface area contributed by atoms with Crippen LogP contribution in [0.3, 0.4) is 0 Å². The van der Waals surface area contributed by atoms with Crippen LogP contribution in [0, 0.1) is 0 Å². The average Bonchev–Trinajstić information content (AvgIpc) is 2.74. The second kappa shape index (κ2) is 10.8. The minimum atomic E-state index is -0.584. The number of methoxy groups -OCH3 is 1. The highest BCUT2D eigenvalue weighted by atomic mass is 35.5. The van der Waals surface area contributed by atoms with Crippen molar-refractivity contribution in [2.24, 2.45) is 5.10 Å². The normalized spacial score (nSPS) is 10.5. The maximum absolute atomic E-state index is 12.3. The number of anilines is 1. The Labute approximate surface area is 194 Å². The lowest BCUT2D eigenvalue weighted by molar-refractivity contribution is 0.0735. The van der Waals surface area contributed by atoms with E-state index in [-0.39, 0.29) is 10.6 Å². The predicted molar refractivity (Wildman–Crippen MR) is 128 cm³/mol. The molecule has 9 heteroatoms. The number of carbonyl (C=O) groups is 1. The number of carbonyl (C=O) groups excluding carboxylic acids is 1. The lowest BCUT2D eigenvalue weighted by atomic mass is 10.2. The topological polar surface area (TPSA) is 71.9 Å². The molecule has 6 nitrogen and oxygen atoms in total. The van der Waals surface area contributed by atoms with Crippen LogP contribution in [0.4, 0.5) is 5.69 Å². The fourth-order valence-corrected chi connectivity index (χ4v) is 3.13. The number of thiocarbonyl (C=S) groups is 1. The highest BCUT2D eigenvalue weighted by Crippen LogP contribution is 2.23. The summed E-state index contributed by atoms with van der Waals surface area (Å²) < 4.78 is 10.5. The van der Waals surface area contributed by atoms with Crippen LogP contribution in [-0.2, 0) is 0 Å². The van der Waals surface area contributed by atoms with Gasteiger partial charge in [-0.1, -0.05) is 35.3 Å². The van der Waals surface area contributed by atoms with Crippen molar-refractivity contribution in [1.82, 2.24) is 5.43 Å². The van der Waals surface area contributed by atoms with Crippen LogP contribution < -0.4 is 20.2 Å². The Bertz CT molecular complexity index is 1120. The summed E-state index contributed by atoms with van der Waals surface area (Å²) in [5.41, 5.74) is 4.45. The number of rotatable bonds is 6. The van der Waals surface area contributed by atoms with Crippen molar-refractivity contribution in [3.05, 3.63) is 87.9 Å². The lowest BCUT2D eigenvalue weighted by Crippen LogP contribution is -2.23. The van der Waals surface area contributed by atoms with Crippen LogP contribution in [0.15, 0.2) is 71.8 Å². The van der Waals surface area contributed by atoms with Gasteiger partial charge in [-0.05, 0) is 72.4 Å². The molecular formula is C22H17Cl2N3O3S. The zero-order valence-electron chi connectivity index (χ0n) is 16.3. The molecule has 0 amide bonds. The zero-order chi connectivity index (χ0) is 22.2. The van der Waals surface area contributed by atoms with Gasteiger partial charge in [0.25, 0.3) is 0 Å². The maximum atomic E-state index is 12.3. The van der Waals surface area contributed by atoms with Crippen LogP contribution in [0.2, 0.25) is 10.0 Å². The molecule has 0 saturated heterocycles. The molecule has 158 valence electrons. The standard InChI is InChI=1S/C22H17Cl2N3O3S/c1-29-17-8-6-16(7-9-17)26-22(31)27-25-13-14-3-2-4-18(11-14)30-21(28)19-10-5-15(23)12-20(19)24/h2-13H,1H3,(H2,26,27,31)/b25-13-. The molecule has 0 fully saturated rings. The third-order valence-electron chi connectivity index (χ3n) is 3.95. The largest absolute Gasteiger partial charge is 0.497 e. The van der Waals surface area contributed by atoms with Crippen molar-refractivity contribution < 1.29 is 14.3 Å². The van der Waals surface area contributed by atoms with Gasteiger partial charge in [0.05, 0.1) is 23.9 Å². The Morgan fingerprint density at radius 3 is 2.52 bits per heavy atom. The van der Waals surface area contributed by atoms with Gasteiger partial charge in [-0.15, -0.1) is 0 Å². The number of hydrazone groups is 1. The van der Waals surface area contributed by atoms with Gasteiger partial charge >= 0.3 is 5.97 Å². The number of halogens is 2. The molecule has 0 atom stereocenters. The van der Waals surface area contributed by atoms with Gasteiger partial charge in [0.1, 0.15) is 11.5 Å². The van der Waals surface area contributed by atoms with Crippen molar-refractivity contribution in [1.29, 1.82) is 0 Å². The summed E-state index contributed by atoms with van der Waals surface area (Å²) in [6.45, 7) is 0. The summed E-state index contributed by atoms with van der Waals surface area (Å²) >= 11 is 17.1. The highest BCUT2D eigenvalue weighted by Gasteiger charge is 2.13. The second-order valence-corrected chi connectivity index (χ2v) is 7.39. The highest BCUT2D eigenvalue weighted by molar-refractivity contribution is 7.80. The van der Waals surface area contributed by atoms with Gasteiger partial charge in [-0.2, -0.15) is 5.10 Å². The predicted octanol–water partition coefficient (Wildman–Crippen LogP) is 5.54. The van der Waals surface area contributed by atoms with E-state index in [1.165, 1.54) is 12.1 Å². The van der Waals surface area contributed by atoms with Crippen LogP contribution >= 0.6 is 35.4 Å². The van der Waals surface area contributed by atoms with Crippen LogP contribution in [0.5, 0.6) is 11.5 Å². The van der Waals surface area contributed by atoms with Gasteiger partial charge in [0.2, 0.25) is 0 Å². The third-order valence-corrected chi connectivity index (χ3v) is 4.69. The SMILES string of the molecule is COc1ccc(NC(=S)N/N=C\c2cccc(OC(=O)c3ccc(Cl)cc3Cl)c2)cc1. The number of nitrogens with one attached hydrogen (secondary N) is 2. The Balaban J connectivity index is 1.57. The molecule has 0 aliphatic carbocycles. The Morgan fingerprint density at radius 1 is 1.03 bits per heavy atom. The van der Waals surface area contributed by atoms with E-state index in [1.807, 2.05) is 24.3 Å². The van der Waals surface area contributed by atoms with Gasteiger partial charge < -0.3 is 14.8 Å². The smallest absolute Gasteiger partial charge is 0.345 e. The first-order valence-corrected chi connectivity index (χ1v) is 10.1. The van der Waals surface area contributed by atoms with Crippen molar-refractivity contribution in [3.8, 4) is 11.5 Å². The summed E-state index contributed by atoms with van der Waals surface area (Å²) in [5.74, 6) is 0.513. The first-order chi connectivity index (χ1) is 14.9. The summed E-state index contributed by atoms with van der Waals surface area (Å²) in [6, 6.07) is 18.7. The van der Waals surface area contributed by atoms with Gasteiger partial charge in [0, 0.05) is 10.7 Å². The summed E-state index contributed by atoms with van der Waals surface area (Å²) in [7, 11) is 1.60. The molecule has 0 saturated carbocycles. The molecule has 0 heterocycles. The van der Waals surface area contributed by atoms with E-state index in [0.717, 1.165) is 11.4 Å². The van der Waals surface area contributed by atoms with E-state index < -0.39 is 5.97 Å². The molecule has 0 unspecified atom stereocenters. The molecule has 3 aromatic carbocycles. The summed E-state index contributed by atoms with van der Waals surface area (Å²) in [4.78, 5) is 12.3. The van der Waals surface area contributed by atoms with Crippen LogP contribution in [0.25, 0.3) is 0 Å². The summed E-state index contributed by atoms with van der Waals surface area (Å²) in [6.07, 6.45) is 1.55. The van der Waals surface area contributed by atoms with E-state index in [9.17, 15) is 4.79 Å². The van der Waals surface area contributed by atoms with E-state index in [2.05, 4.69) is 15.8 Å². The Morgan fingerprint density at radius 2 is 1.81 bits per heavy atom. The number of hydrogen-bond acceptors (Lipinski definition) is 5. The molecule has 31 heavy (non-hydrogen) atoms. The first-order valence-electron chi connectivity index (χ1n) is 8.96. The molecular weight excluding hydrogens is 457 g/mol. The molecule has 0 aliphatic rings. The molecule has 3 rings (SSSR count). The van der Waals surface area contributed by atoms with Gasteiger partial charge in [-0.25, -0.2) is 4.79 Å². The fourth-order valence-electron chi connectivity index (χ4n) is 2.47. The number of ether oxygens (including phenoxy) is 2. The second-order valence-electron chi connectivity index (χ2n) is 6.14. The van der Waals surface area contributed by atoms with E-state index >= 15 is 0 Å². The Kier molecular flexibility index (Phi) is 7.83. The van der Waals surface area contributed by atoms with Crippen LogP contribution in [0.1, 0.15) is 15.9 Å². The molecule has 0 radical (unpaired) electrons. The fraction of sp³-hybridized carbons (Fsp3) is 0.0455. The monoisotopic (exact) mass is 473 g/mol. The van der Waals surface area contributed by atoms with Crippen molar-refractivity contribution in [3.63, 3.8) is 0 Å². The molecule has 0 aromatic heterocycles. The molecule has 3 aromatic rings. The average molecular weight is 474 g/mol. The molecule has 2 N–H and O–H groups in total. The first kappa shape index (κ1) is 22.6. The van der Waals surface area contributed by atoms with Crippen LogP contribution in [-0.4, -0.2) is 24.4 Å². The lowest BCUT2D eigenvalue weighted by Gasteiger charge is -2.08. The van der Waals surface area contributed by atoms with E-state index in [0.29, 0.717) is 21.4 Å². The zero-order valence-corrected chi connectivity index (χ0v) is 18.6. The molecule has 0 spiro atoms. The molecule has 0 bridgehead atoms. The van der Waals surface area contributed by atoms with E-state index in [4.69, 9.17) is 44.9 Å².